The van der Waals surface area contributed by atoms with Crippen LogP contribution in [0.1, 0.15) is 11.3 Å². The van der Waals surface area contributed by atoms with Gasteiger partial charge in [-0.2, -0.15) is 0 Å². The Kier molecular flexibility index (Phi) is 5.21. The fourth-order valence-corrected chi connectivity index (χ4v) is 3.63. The fraction of sp³-hybridized carbons (Fsp3) is 0.0909. The summed E-state index contributed by atoms with van der Waals surface area (Å²) in [6.07, 6.45) is 5.77. The van der Waals surface area contributed by atoms with Crippen molar-refractivity contribution in [1.29, 1.82) is 0 Å². The smallest absolute Gasteiger partial charge is 0.262 e. The van der Waals surface area contributed by atoms with Gasteiger partial charge in [0.05, 0.1) is 23.7 Å². The van der Waals surface area contributed by atoms with Crippen molar-refractivity contribution in [2.24, 2.45) is 0 Å². The molecule has 0 N–H and O–H groups in total. The Hall–Kier alpha value is -3.05. The summed E-state index contributed by atoms with van der Waals surface area (Å²) in [5.74, 6) is 1.45. The molecule has 4 nitrogen and oxygen atoms in total. The Morgan fingerprint density at radius 2 is 1.81 bits per heavy atom. The van der Waals surface area contributed by atoms with Crippen molar-refractivity contribution in [3.05, 3.63) is 101 Å². The van der Waals surface area contributed by atoms with Gasteiger partial charge in [-0.25, -0.2) is 4.98 Å². The maximum absolute atomic E-state index is 13.0. The van der Waals surface area contributed by atoms with Crippen LogP contribution in [0, 0.1) is 0 Å². The Bertz CT molecular complexity index is 1120. The molecule has 0 amide bonds. The van der Waals surface area contributed by atoms with Gasteiger partial charge in [-0.05, 0) is 29.8 Å². The van der Waals surface area contributed by atoms with Gasteiger partial charge in [0.25, 0.3) is 5.56 Å². The maximum atomic E-state index is 13.0. The second kappa shape index (κ2) is 8.10. The third-order valence-electron chi connectivity index (χ3n) is 4.14. The molecular formula is C22H18N2O2S. The summed E-state index contributed by atoms with van der Waals surface area (Å²) in [4.78, 5) is 17.7. The quantitative estimate of drug-likeness (QED) is 0.358. The number of hydrogen-bond acceptors (Lipinski definition) is 4. The van der Waals surface area contributed by atoms with Crippen LogP contribution in [-0.2, 0) is 6.54 Å². The van der Waals surface area contributed by atoms with Gasteiger partial charge in [0, 0.05) is 5.75 Å². The summed E-state index contributed by atoms with van der Waals surface area (Å²) < 4.78 is 7.11. The molecule has 0 aliphatic carbocycles. The van der Waals surface area contributed by atoms with E-state index in [4.69, 9.17) is 9.40 Å². The molecule has 4 aromatic rings. The van der Waals surface area contributed by atoms with Gasteiger partial charge in [-0.15, -0.1) is 0 Å². The van der Waals surface area contributed by atoms with Crippen molar-refractivity contribution in [1.82, 2.24) is 9.55 Å². The van der Waals surface area contributed by atoms with E-state index in [2.05, 4.69) is 24.3 Å². The molecule has 0 aliphatic heterocycles. The van der Waals surface area contributed by atoms with Gasteiger partial charge in [-0.3, -0.25) is 9.36 Å². The molecule has 0 radical (unpaired) electrons. The summed E-state index contributed by atoms with van der Waals surface area (Å²) >= 11 is 1.54. The van der Waals surface area contributed by atoms with Crippen molar-refractivity contribution in [3.63, 3.8) is 0 Å². The molecular weight excluding hydrogens is 356 g/mol. The molecule has 0 fully saturated rings. The van der Waals surface area contributed by atoms with Crippen LogP contribution in [0.5, 0.6) is 0 Å². The zero-order chi connectivity index (χ0) is 18.5. The van der Waals surface area contributed by atoms with Crippen LogP contribution >= 0.6 is 11.8 Å². The third-order valence-corrected chi connectivity index (χ3v) is 5.07. The lowest BCUT2D eigenvalue weighted by molar-refractivity contribution is 0.476. The van der Waals surface area contributed by atoms with Crippen LogP contribution < -0.4 is 5.56 Å². The molecule has 0 spiro atoms. The normalized spacial score (nSPS) is 11.4. The standard InChI is InChI=1S/C22H18N2O2S/c25-21-19-12-4-5-13-20(19)23-22(24(21)16-18-11-6-14-26-18)27-15-7-10-17-8-2-1-3-9-17/h1-14H,15-16H2. The Morgan fingerprint density at radius 3 is 2.63 bits per heavy atom. The minimum Gasteiger partial charge on any atom is -0.467 e. The SMILES string of the molecule is O=c1c2ccccc2nc(SCC=Cc2ccccc2)n1Cc1ccco1. The lowest BCUT2D eigenvalue weighted by atomic mass is 10.2. The van der Waals surface area contributed by atoms with E-state index in [1.165, 1.54) is 0 Å². The largest absolute Gasteiger partial charge is 0.467 e. The van der Waals surface area contributed by atoms with Crippen LogP contribution in [-0.4, -0.2) is 15.3 Å². The van der Waals surface area contributed by atoms with Crippen LogP contribution in [0.2, 0.25) is 0 Å². The lowest BCUT2D eigenvalue weighted by Gasteiger charge is -2.11. The first-order valence-electron chi connectivity index (χ1n) is 8.67. The fourth-order valence-electron chi connectivity index (χ4n) is 2.83. The van der Waals surface area contributed by atoms with Crippen LogP contribution in [0.3, 0.4) is 0 Å². The zero-order valence-corrected chi connectivity index (χ0v) is 15.4. The number of aromatic nitrogens is 2. The van der Waals surface area contributed by atoms with E-state index >= 15 is 0 Å². The van der Waals surface area contributed by atoms with Gasteiger partial charge in [0.1, 0.15) is 5.76 Å². The van der Waals surface area contributed by atoms with Crippen LogP contribution in [0.15, 0.2) is 93.4 Å². The highest BCUT2D eigenvalue weighted by Gasteiger charge is 2.12. The summed E-state index contributed by atoms with van der Waals surface area (Å²) in [6, 6.07) is 21.3. The van der Waals surface area contributed by atoms with Crippen molar-refractivity contribution in [2.75, 3.05) is 5.75 Å². The summed E-state index contributed by atoms with van der Waals surface area (Å²) in [6.45, 7) is 0.369. The van der Waals surface area contributed by atoms with Gasteiger partial charge in [0.15, 0.2) is 5.16 Å². The van der Waals surface area contributed by atoms with E-state index in [9.17, 15) is 4.79 Å². The number of hydrogen-bond donors (Lipinski definition) is 0. The first-order valence-corrected chi connectivity index (χ1v) is 9.66. The molecule has 4 rings (SSSR count). The Balaban J connectivity index is 1.63. The number of benzene rings is 2. The average molecular weight is 374 g/mol. The van der Waals surface area contributed by atoms with E-state index in [0.29, 0.717) is 22.6 Å². The highest BCUT2D eigenvalue weighted by Crippen LogP contribution is 2.19. The van der Waals surface area contributed by atoms with Crippen LogP contribution in [0.25, 0.3) is 17.0 Å². The summed E-state index contributed by atoms with van der Waals surface area (Å²) in [7, 11) is 0. The predicted octanol–water partition coefficient (Wildman–Crippen LogP) is 4.84. The number of furan rings is 1. The van der Waals surface area contributed by atoms with Crippen molar-refractivity contribution in [3.8, 4) is 0 Å². The highest BCUT2D eigenvalue weighted by atomic mass is 32.2. The van der Waals surface area contributed by atoms with Crippen molar-refractivity contribution >= 4 is 28.7 Å². The average Bonchev–Trinajstić information content (AvgIpc) is 3.22. The molecule has 2 aromatic carbocycles. The van der Waals surface area contributed by atoms with E-state index in [-0.39, 0.29) is 5.56 Å². The molecule has 0 saturated carbocycles. The molecule has 5 heteroatoms. The molecule has 27 heavy (non-hydrogen) atoms. The van der Waals surface area contributed by atoms with E-state index in [1.54, 1.807) is 22.6 Å². The van der Waals surface area contributed by atoms with Gasteiger partial charge in [0.2, 0.25) is 0 Å². The van der Waals surface area contributed by atoms with Gasteiger partial charge in [-0.1, -0.05) is 66.4 Å². The second-order valence-corrected chi connectivity index (χ2v) is 6.99. The van der Waals surface area contributed by atoms with Crippen LogP contribution in [0.4, 0.5) is 0 Å². The Morgan fingerprint density at radius 1 is 1.00 bits per heavy atom. The molecule has 0 saturated heterocycles. The predicted molar refractivity (Wildman–Crippen MR) is 110 cm³/mol. The summed E-state index contributed by atoms with van der Waals surface area (Å²) in [5, 5.41) is 1.31. The molecule has 0 unspecified atom stereocenters. The van der Waals surface area contributed by atoms with Gasteiger partial charge < -0.3 is 4.42 Å². The number of nitrogens with zero attached hydrogens (tertiary/aromatic N) is 2. The summed E-state index contributed by atoms with van der Waals surface area (Å²) in [5.41, 5.74) is 1.82. The molecule has 0 atom stereocenters. The van der Waals surface area contributed by atoms with E-state index in [1.807, 2.05) is 54.6 Å². The maximum Gasteiger partial charge on any atom is 0.262 e. The molecule has 0 bridgehead atoms. The highest BCUT2D eigenvalue weighted by molar-refractivity contribution is 7.99. The molecule has 134 valence electrons. The molecule has 2 heterocycles. The molecule has 2 aromatic heterocycles. The topological polar surface area (TPSA) is 48.0 Å². The third kappa shape index (κ3) is 4.04. The first kappa shape index (κ1) is 17.4. The van der Waals surface area contributed by atoms with E-state index < -0.39 is 0 Å². The number of thioether (sulfide) groups is 1. The number of fused-ring (bicyclic) bond motifs is 1. The number of rotatable bonds is 6. The lowest BCUT2D eigenvalue weighted by Crippen LogP contribution is -2.23. The minimum absolute atomic E-state index is 0.0495. The van der Waals surface area contributed by atoms with E-state index in [0.717, 1.165) is 17.1 Å². The van der Waals surface area contributed by atoms with Crippen molar-refractivity contribution < 1.29 is 4.42 Å². The van der Waals surface area contributed by atoms with Gasteiger partial charge >= 0.3 is 0 Å². The monoisotopic (exact) mass is 374 g/mol. The van der Waals surface area contributed by atoms with Crippen molar-refractivity contribution in [2.45, 2.75) is 11.7 Å². The Labute approximate surface area is 161 Å². The minimum atomic E-state index is -0.0495. The first-order chi connectivity index (χ1) is 13.3. The number of para-hydroxylation sites is 1. The second-order valence-electron chi connectivity index (χ2n) is 6.01. The zero-order valence-electron chi connectivity index (χ0n) is 14.6. The molecule has 0 aliphatic rings.